The minimum absolute atomic E-state index is 0.0258. The van der Waals surface area contributed by atoms with Crippen LogP contribution in [0.25, 0.3) is 22.3 Å². The number of hydrogen-bond donors (Lipinski definition) is 4. The molecule has 0 saturated carbocycles. The highest BCUT2D eigenvalue weighted by molar-refractivity contribution is 7.46. The van der Waals surface area contributed by atoms with Crippen molar-refractivity contribution >= 4 is 43.7 Å². The third-order valence-electron chi connectivity index (χ3n) is 5.74. The van der Waals surface area contributed by atoms with E-state index in [1.54, 1.807) is 31.3 Å². The van der Waals surface area contributed by atoms with Crippen LogP contribution in [0.1, 0.15) is 31.7 Å². The number of fused-ring (bicyclic) bond motifs is 1. The van der Waals surface area contributed by atoms with Gasteiger partial charge in [-0.3, -0.25) is 9.32 Å². The minimum Gasteiger partial charge on any atom is -0.508 e. The molecule has 2 unspecified atom stereocenters. The second-order valence-corrected chi connectivity index (χ2v) is 9.57. The molecule has 0 aliphatic carbocycles. The van der Waals surface area contributed by atoms with Gasteiger partial charge >= 0.3 is 7.82 Å². The molecule has 2 radical (unpaired) electrons. The van der Waals surface area contributed by atoms with E-state index in [0.717, 1.165) is 6.07 Å². The van der Waals surface area contributed by atoms with Gasteiger partial charge in [0.25, 0.3) is 0 Å². The number of piperidine rings is 1. The number of likely N-dealkylation sites (tertiary alicyclic amines) is 1. The van der Waals surface area contributed by atoms with Crippen molar-refractivity contribution < 1.29 is 33.5 Å². The van der Waals surface area contributed by atoms with Crippen molar-refractivity contribution in [2.24, 2.45) is 0 Å². The van der Waals surface area contributed by atoms with Crippen molar-refractivity contribution in [3.05, 3.63) is 51.1 Å². The van der Waals surface area contributed by atoms with Gasteiger partial charge in [-0.2, -0.15) is 0 Å². The highest BCUT2D eigenvalue weighted by atomic mass is 35.5. The first-order valence-electron chi connectivity index (χ1n) is 11.0. The second-order valence-electron chi connectivity index (χ2n) is 7.98. The zero-order valence-corrected chi connectivity index (χ0v) is 21.1. The summed E-state index contributed by atoms with van der Waals surface area (Å²) in [4.78, 5) is 33.7. The number of hydrogen-bond acceptors (Lipinski definition) is 7. The monoisotopic (exact) mass is 521 g/mol. The van der Waals surface area contributed by atoms with Gasteiger partial charge in [0, 0.05) is 29.7 Å². The lowest BCUT2D eigenvalue weighted by Crippen LogP contribution is -2.42. The Bertz CT molecular complexity index is 1340. The molecule has 1 fully saturated rings. The van der Waals surface area contributed by atoms with Crippen molar-refractivity contribution in [3.63, 3.8) is 0 Å². The lowest BCUT2D eigenvalue weighted by Gasteiger charge is -2.37. The van der Waals surface area contributed by atoms with Crippen LogP contribution in [0.15, 0.2) is 39.5 Å². The SMILES string of the molecule is CC.[B]c1c(O)c(C2CCN(C)CC2OP(=O)(O)O)c2oc(-c3ccccc3Cl)cc(=O)c2c1O. The number of benzene rings is 2. The van der Waals surface area contributed by atoms with Crippen LogP contribution in [0.2, 0.25) is 5.02 Å². The van der Waals surface area contributed by atoms with E-state index in [1.807, 2.05) is 18.7 Å². The van der Waals surface area contributed by atoms with Gasteiger partial charge in [0.15, 0.2) is 5.43 Å². The van der Waals surface area contributed by atoms with E-state index < -0.39 is 42.2 Å². The molecule has 1 aliphatic heterocycles. The number of phenolic OH excluding ortho intramolecular Hbond substituents is 2. The van der Waals surface area contributed by atoms with Gasteiger partial charge < -0.3 is 29.3 Å². The molecule has 2 heterocycles. The lowest BCUT2D eigenvalue weighted by atomic mass is 9.80. The first kappa shape index (κ1) is 27.3. The minimum atomic E-state index is -4.89. The molecule has 12 heteroatoms. The molecular weight excluding hydrogens is 495 g/mol. The molecule has 0 amide bonds. The third-order valence-corrected chi connectivity index (χ3v) is 6.61. The fourth-order valence-electron chi connectivity index (χ4n) is 4.23. The third kappa shape index (κ3) is 5.58. The van der Waals surface area contributed by atoms with Gasteiger partial charge in [0.2, 0.25) is 0 Å². The number of halogens is 1. The van der Waals surface area contributed by atoms with E-state index in [1.165, 1.54) is 0 Å². The molecule has 2 atom stereocenters. The summed E-state index contributed by atoms with van der Waals surface area (Å²) in [6, 6.07) is 7.81. The Labute approximate surface area is 208 Å². The average molecular weight is 522 g/mol. The Morgan fingerprint density at radius 2 is 1.86 bits per heavy atom. The summed E-state index contributed by atoms with van der Waals surface area (Å²) in [5.74, 6) is -1.91. The van der Waals surface area contributed by atoms with Crippen LogP contribution in [0.4, 0.5) is 0 Å². The average Bonchev–Trinajstić information content (AvgIpc) is 2.79. The molecule has 35 heavy (non-hydrogen) atoms. The summed E-state index contributed by atoms with van der Waals surface area (Å²) >= 11 is 6.26. The van der Waals surface area contributed by atoms with E-state index in [4.69, 9.17) is 28.4 Å². The molecule has 3 aromatic rings. The van der Waals surface area contributed by atoms with Crippen LogP contribution in [0.5, 0.6) is 11.5 Å². The van der Waals surface area contributed by atoms with Gasteiger partial charge in [0.05, 0.1) is 11.1 Å². The van der Waals surface area contributed by atoms with Crippen LogP contribution in [-0.4, -0.2) is 59.0 Å². The summed E-state index contributed by atoms with van der Waals surface area (Å²) in [5.41, 5.74) is -0.791. The zero-order valence-electron chi connectivity index (χ0n) is 19.4. The summed E-state index contributed by atoms with van der Waals surface area (Å²) in [6.07, 6.45) is -0.759. The zero-order chi connectivity index (χ0) is 26.1. The normalized spacial score (nSPS) is 18.8. The maximum absolute atomic E-state index is 13.0. The molecule has 9 nitrogen and oxygen atoms in total. The Morgan fingerprint density at radius 3 is 2.49 bits per heavy atom. The van der Waals surface area contributed by atoms with E-state index in [2.05, 4.69) is 0 Å². The number of likely N-dealkylation sites (N-methyl/N-ethyl adjacent to an activating group) is 1. The topological polar surface area (TPSA) is 141 Å². The summed E-state index contributed by atoms with van der Waals surface area (Å²) in [7, 11) is 2.76. The number of aromatic hydroxyl groups is 2. The predicted molar refractivity (Wildman–Crippen MR) is 135 cm³/mol. The van der Waals surface area contributed by atoms with Crippen LogP contribution in [-0.2, 0) is 9.09 Å². The number of phenols is 2. The van der Waals surface area contributed by atoms with Gasteiger partial charge in [-0.1, -0.05) is 37.6 Å². The van der Waals surface area contributed by atoms with E-state index in [9.17, 15) is 29.4 Å². The quantitative estimate of drug-likeness (QED) is 0.301. The predicted octanol–water partition coefficient (Wildman–Crippen LogP) is 3.24. The van der Waals surface area contributed by atoms with Crippen molar-refractivity contribution in [1.82, 2.24) is 4.90 Å². The van der Waals surface area contributed by atoms with Crippen LogP contribution in [0.3, 0.4) is 0 Å². The molecule has 0 bridgehead atoms. The highest BCUT2D eigenvalue weighted by Gasteiger charge is 2.38. The van der Waals surface area contributed by atoms with Crippen molar-refractivity contribution in [2.45, 2.75) is 32.3 Å². The smallest absolute Gasteiger partial charge is 0.469 e. The van der Waals surface area contributed by atoms with E-state index >= 15 is 0 Å². The largest absolute Gasteiger partial charge is 0.508 e. The maximum Gasteiger partial charge on any atom is 0.469 e. The van der Waals surface area contributed by atoms with E-state index in [-0.39, 0.29) is 28.8 Å². The Hall–Kier alpha value is -2.33. The highest BCUT2D eigenvalue weighted by Crippen LogP contribution is 2.47. The Morgan fingerprint density at radius 1 is 1.20 bits per heavy atom. The molecule has 2 aromatic carbocycles. The molecule has 4 N–H and O–H groups in total. The lowest BCUT2D eigenvalue weighted by molar-refractivity contribution is 0.0545. The molecule has 1 aromatic heterocycles. The standard InChI is InChI=1S/C21H20BClNO8P.C2H6/c1-24-7-6-11(15(9-24)32-33(28,29)30)16-19(26)18(22)20(27)17-13(25)8-14(31-21(16)17)10-4-2-3-5-12(10)23;1-2/h2-5,8,11,15,26-27H,6-7,9H2,1H3,(H2,28,29,30);1-2H3. The number of phosphoric acid groups is 1. The number of phosphoric ester groups is 1. The van der Waals surface area contributed by atoms with Gasteiger partial charge in [-0.25, -0.2) is 4.57 Å². The van der Waals surface area contributed by atoms with Crippen molar-refractivity contribution in [1.29, 1.82) is 0 Å². The first-order valence-corrected chi connectivity index (χ1v) is 12.9. The Balaban J connectivity index is 0.00000167. The summed E-state index contributed by atoms with van der Waals surface area (Å²) in [6.45, 7) is 4.63. The molecule has 186 valence electrons. The van der Waals surface area contributed by atoms with Gasteiger partial charge in [0.1, 0.15) is 36.1 Å². The maximum atomic E-state index is 13.0. The van der Waals surface area contributed by atoms with Crippen molar-refractivity contribution in [2.75, 3.05) is 20.1 Å². The van der Waals surface area contributed by atoms with Crippen molar-refractivity contribution in [3.8, 4) is 22.8 Å². The second kappa shape index (κ2) is 10.7. The van der Waals surface area contributed by atoms with Crippen LogP contribution < -0.4 is 10.9 Å². The molecule has 0 spiro atoms. The van der Waals surface area contributed by atoms with Gasteiger partial charge in [-0.05, 0) is 37.6 Å². The van der Waals surface area contributed by atoms with Crippen LogP contribution >= 0.6 is 19.4 Å². The molecule has 4 rings (SSSR count). The molecule has 1 saturated heterocycles. The number of rotatable bonds is 4. The van der Waals surface area contributed by atoms with E-state index in [0.29, 0.717) is 23.6 Å². The summed E-state index contributed by atoms with van der Waals surface area (Å²) < 4.78 is 22.6. The fourth-order valence-corrected chi connectivity index (χ4v) is 5.02. The fraction of sp³-hybridized carbons (Fsp3) is 0.348. The first-order chi connectivity index (χ1) is 16.5. The number of nitrogens with zero attached hydrogens (tertiary/aromatic N) is 1. The Kier molecular flexibility index (Phi) is 8.37. The summed E-state index contributed by atoms with van der Waals surface area (Å²) in [5, 5.41) is 21.5. The molecular formula is C23H26BClNO8P. The van der Waals surface area contributed by atoms with Crippen LogP contribution in [0, 0.1) is 0 Å². The molecule has 1 aliphatic rings. The van der Waals surface area contributed by atoms with Gasteiger partial charge in [-0.15, -0.1) is 0 Å².